The fourth-order valence-corrected chi connectivity index (χ4v) is 4.13. The Morgan fingerprint density at radius 2 is 2.13 bits per heavy atom. The molecule has 3 atom stereocenters. The Labute approximate surface area is 146 Å². The number of carbonyl (C=O) groups is 1. The highest BCUT2D eigenvalue weighted by atomic mass is 79.9. The number of halogens is 1. The molecule has 4 heteroatoms. The second-order valence-electron chi connectivity index (χ2n) is 6.78. The van der Waals surface area contributed by atoms with E-state index >= 15 is 0 Å². The summed E-state index contributed by atoms with van der Waals surface area (Å²) < 4.78 is 13.6. The smallest absolute Gasteiger partial charge is 0.181 e. The molecule has 0 bridgehead atoms. The summed E-state index contributed by atoms with van der Waals surface area (Å²) in [5.74, 6) is -0.535. The van der Waals surface area contributed by atoms with Crippen molar-refractivity contribution < 1.29 is 14.3 Å². The number of hydrogen-bond donors (Lipinski definition) is 0. The summed E-state index contributed by atoms with van der Waals surface area (Å²) in [5.41, 5.74) is 0.561. The average Bonchev–Trinajstić information content (AvgIpc) is 2.79. The van der Waals surface area contributed by atoms with Gasteiger partial charge in [-0.3, -0.25) is 4.79 Å². The van der Waals surface area contributed by atoms with E-state index in [1.54, 1.807) is 0 Å². The van der Waals surface area contributed by atoms with E-state index in [0.717, 1.165) is 29.3 Å². The van der Waals surface area contributed by atoms with Gasteiger partial charge in [0.15, 0.2) is 5.79 Å². The molecule has 3 unspecified atom stereocenters. The molecule has 0 N–H and O–H groups in total. The van der Waals surface area contributed by atoms with E-state index in [9.17, 15) is 4.79 Å². The molecule has 3 nitrogen and oxygen atoms in total. The van der Waals surface area contributed by atoms with Crippen LogP contribution in [0.25, 0.3) is 0 Å². The summed E-state index contributed by atoms with van der Waals surface area (Å²) in [6.07, 6.45) is 3.65. The normalized spacial score (nSPS) is 33.5. The highest BCUT2D eigenvalue weighted by Crippen LogP contribution is 2.54. The molecule has 2 aliphatic rings. The van der Waals surface area contributed by atoms with Crippen LogP contribution in [0, 0.1) is 5.41 Å². The van der Waals surface area contributed by atoms with Crippen molar-refractivity contribution in [2.75, 3.05) is 0 Å². The number of hydrogen-bond acceptors (Lipinski definition) is 3. The third-order valence-corrected chi connectivity index (χ3v) is 5.55. The van der Waals surface area contributed by atoms with Gasteiger partial charge in [0.1, 0.15) is 5.78 Å². The molecule has 0 amide bonds. The lowest BCUT2D eigenvalue weighted by atomic mass is 9.75. The summed E-state index contributed by atoms with van der Waals surface area (Å²) in [6.45, 7) is 6.38. The van der Waals surface area contributed by atoms with Crippen molar-refractivity contribution in [3.8, 4) is 0 Å². The largest absolute Gasteiger partial charge is 0.345 e. The van der Waals surface area contributed by atoms with Gasteiger partial charge < -0.3 is 9.47 Å². The monoisotopic (exact) mass is 378 g/mol. The second-order valence-corrected chi connectivity index (χ2v) is 7.90. The van der Waals surface area contributed by atoms with Gasteiger partial charge in [-0.05, 0) is 29.8 Å². The van der Waals surface area contributed by atoms with E-state index in [1.807, 2.05) is 37.3 Å². The van der Waals surface area contributed by atoms with Gasteiger partial charge in [-0.1, -0.05) is 52.8 Å². The Kier molecular flexibility index (Phi) is 4.77. The van der Waals surface area contributed by atoms with E-state index in [4.69, 9.17) is 9.47 Å². The predicted octanol–water partition coefficient (Wildman–Crippen LogP) is 4.75. The Morgan fingerprint density at radius 3 is 2.83 bits per heavy atom. The van der Waals surface area contributed by atoms with E-state index < -0.39 is 11.2 Å². The SMILES string of the molecule is C=C(Br)CC1CCC2(C)C(=O)CCC2(OCc2ccccc2)O1. The maximum Gasteiger partial charge on any atom is 0.181 e. The van der Waals surface area contributed by atoms with Crippen molar-refractivity contribution in [3.05, 3.63) is 47.0 Å². The molecule has 1 aromatic rings. The minimum atomic E-state index is -0.800. The molecule has 124 valence electrons. The highest BCUT2D eigenvalue weighted by Gasteiger charge is 2.62. The van der Waals surface area contributed by atoms with Crippen molar-refractivity contribution in [1.29, 1.82) is 0 Å². The number of ether oxygens (including phenoxy) is 2. The maximum absolute atomic E-state index is 12.5. The van der Waals surface area contributed by atoms with Crippen molar-refractivity contribution in [1.82, 2.24) is 0 Å². The maximum atomic E-state index is 12.5. The van der Waals surface area contributed by atoms with E-state index in [-0.39, 0.29) is 11.9 Å². The molecule has 23 heavy (non-hydrogen) atoms. The first kappa shape index (κ1) is 16.9. The molecule has 1 aliphatic heterocycles. The van der Waals surface area contributed by atoms with Crippen LogP contribution in [0.2, 0.25) is 0 Å². The molecule has 0 spiro atoms. The van der Waals surface area contributed by atoms with Gasteiger partial charge in [-0.15, -0.1) is 0 Å². The van der Waals surface area contributed by atoms with Crippen LogP contribution in [-0.4, -0.2) is 17.7 Å². The fraction of sp³-hybridized carbons (Fsp3) is 0.526. The molecule has 1 heterocycles. The van der Waals surface area contributed by atoms with Gasteiger partial charge in [0.05, 0.1) is 18.1 Å². The van der Waals surface area contributed by atoms with Crippen LogP contribution in [0.1, 0.15) is 44.6 Å². The van der Waals surface area contributed by atoms with Gasteiger partial charge in [0, 0.05) is 19.3 Å². The zero-order valence-electron chi connectivity index (χ0n) is 13.5. The van der Waals surface area contributed by atoms with Crippen molar-refractivity contribution in [3.63, 3.8) is 0 Å². The van der Waals surface area contributed by atoms with Gasteiger partial charge in [-0.25, -0.2) is 0 Å². The lowest BCUT2D eigenvalue weighted by Gasteiger charge is -2.48. The number of rotatable bonds is 5. The predicted molar refractivity (Wildman–Crippen MR) is 93.1 cm³/mol. The first-order valence-electron chi connectivity index (χ1n) is 8.17. The van der Waals surface area contributed by atoms with E-state index in [2.05, 4.69) is 22.5 Å². The Bertz CT molecular complexity index is 600. The molecule has 0 aromatic heterocycles. The molecule has 1 aromatic carbocycles. The van der Waals surface area contributed by atoms with E-state index in [1.165, 1.54) is 0 Å². The van der Waals surface area contributed by atoms with Crippen LogP contribution >= 0.6 is 15.9 Å². The molecule has 0 radical (unpaired) electrons. The average molecular weight is 379 g/mol. The molecule has 3 rings (SSSR count). The summed E-state index contributed by atoms with van der Waals surface area (Å²) >= 11 is 3.42. The molecule has 1 saturated heterocycles. The van der Waals surface area contributed by atoms with Crippen molar-refractivity contribution >= 4 is 21.7 Å². The molecule has 2 fully saturated rings. The first-order valence-corrected chi connectivity index (χ1v) is 8.97. The number of Topliss-reactive ketones (excluding diaryl/α,β-unsaturated/α-hetero) is 1. The summed E-state index contributed by atoms with van der Waals surface area (Å²) in [6, 6.07) is 10.0. The number of benzene rings is 1. The van der Waals surface area contributed by atoms with Crippen molar-refractivity contribution in [2.45, 2.75) is 57.5 Å². The molecule has 1 saturated carbocycles. The molecule has 1 aliphatic carbocycles. The van der Waals surface area contributed by atoms with Gasteiger partial charge >= 0.3 is 0 Å². The van der Waals surface area contributed by atoms with Crippen LogP contribution in [0.4, 0.5) is 0 Å². The van der Waals surface area contributed by atoms with Crippen LogP contribution < -0.4 is 0 Å². The fourth-order valence-electron chi connectivity index (χ4n) is 3.77. The van der Waals surface area contributed by atoms with Gasteiger partial charge in [0.25, 0.3) is 0 Å². The third kappa shape index (κ3) is 3.17. The Balaban J connectivity index is 1.80. The minimum Gasteiger partial charge on any atom is -0.345 e. The van der Waals surface area contributed by atoms with Gasteiger partial charge in [-0.2, -0.15) is 0 Å². The minimum absolute atomic E-state index is 0.0524. The lowest BCUT2D eigenvalue weighted by molar-refractivity contribution is -0.322. The third-order valence-electron chi connectivity index (χ3n) is 5.22. The highest BCUT2D eigenvalue weighted by molar-refractivity contribution is 9.11. The topological polar surface area (TPSA) is 35.5 Å². The quantitative estimate of drug-likeness (QED) is 0.741. The Morgan fingerprint density at radius 1 is 1.39 bits per heavy atom. The summed E-state index contributed by atoms with van der Waals surface area (Å²) in [5, 5.41) is 0. The number of carbonyl (C=O) groups excluding carboxylic acids is 1. The molecular formula is C19H23BrO3. The lowest BCUT2D eigenvalue weighted by Crippen LogP contribution is -2.55. The molecular weight excluding hydrogens is 356 g/mol. The van der Waals surface area contributed by atoms with Crippen LogP contribution in [0.15, 0.2) is 41.4 Å². The second kappa shape index (κ2) is 6.50. The first-order chi connectivity index (χ1) is 11.0. The zero-order chi connectivity index (χ0) is 16.5. The van der Waals surface area contributed by atoms with Gasteiger partial charge in [0.2, 0.25) is 0 Å². The van der Waals surface area contributed by atoms with E-state index in [0.29, 0.717) is 19.4 Å². The number of ketones is 1. The standard InChI is InChI=1S/C19H23BrO3/c1-14(20)12-16-8-10-18(2)17(21)9-11-19(18,23-16)22-13-15-6-4-3-5-7-15/h3-7,16H,1,8-13H2,2H3. The Hall–Kier alpha value is -0.970. The van der Waals surface area contributed by atoms with Crippen molar-refractivity contribution in [2.24, 2.45) is 5.41 Å². The van der Waals surface area contributed by atoms with Crippen LogP contribution in [0.3, 0.4) is 0 Å². The summed E-state index contributed by atoms with van der Waals surface area (Å²) in [7, 11) is 0. The van der Waals surface area contributed by atoms with Crippen LogP contribution in [0.5, 0.6) is 0 Å². The number of fused-ring (bicyclic) bond motifs is 1. The zero-order valence-corrected chi connectivity index (χ0v) is 15.1. The van der Waals surface area contributed by atoms with Crippen LogP contribution in [-0.2, 0) is 20.9 Å². The summed E-state index contributed by atoms with van der Waals surface area (Å²) in [4.78, 5) is 12.5.